The van der Waals surface area contributed by atoms with Crippen LogP contribution in [0.3, 0.4) is 0 Å². The summed E-state index contributed by atoms with van der Waals surface area (Å²) >= 11 is 0. The first-order valence-corrected chi connectivity index (χ1v) is 7.70. The van der Waals surface area contributed by atoms with Crippen LogP contribution >= 0.6 is 0 Å². The fourth-order valence-electron chi connectivity index (χ4n) is 2.64. The van der Waals surface area contributed by atoms with Crippen LogP contribution in [0, 0.1) is 20.8 Å². The third-order valence-corrected chi connectivity index (χ3v) is 3.69. The molecule has 2 rings (SSSR count). The number of esters is 1. The van der Waals surface area contributed by atoms with Gasteiger partial charge in [-0.2, -0.15) is 0 Å². The van der Waals surface area contributed by atoms with Crippen molar-refractivity contribution in [3.05, 3.63) is 58.7 Å². The topological polar surface area (TPSA) is 67.4 Å². The number of aryl methyl sites for hydroxylation is 3. The minimum Gasteiger partial charge on any atom is -0.465 e. The second-order valence-corrected chi connectivity index (χ2v) is 5.74. The molecule has 2 aromatic carbocycles. The van der Waals surface area contributed by atoms with E-state index < -0.39 is 5.97 Å². The number of rotatable bonds is 5. The summed E-state index contributed by atoms with van der Waals surface area (Å²) in [5.41, 5.74) is 5.49. The fourth-order valence-corrected chi connectivity index (χ4v) is 2.64. The smallest absolute Gasteiger partial charge is 0.337 e. The molecule has 0 heterocycles. The van der Waals surface area contributed by atoms with Gasteiger partial charge in [-0.05, 0) is 56.2 Å². The van der Waals surface area contributed by atoms with Crippen molar-refractivity contribution in [1.29, 1.82) is 0 Å². The highest BCUT2D eigenvalue weighted by Gasteiger charge is 2.08. The molecule has 5 heteroatoms. The molecule has 24 heavy (non-hydrogen) atoms. The van der Waals surface area contributed by atoms with E-state index in [1.807, 2.05) is 13.8 Å². The zero-order chi connectivity index (χ0) is 17.7. The fraction of sp³-hybridized carbons (Fsp3) is 0.263. The summed E-state index contributed by atoms with van der Waals surface area (Å²) in [6.45, 7) is 6.26. The van der Waals surface area contributed by atoms with Gasteiger partial charge in [-0.3, -0.25) is 4.79 Å². The van der Waals surface area contributed by atoms with Gasteiger partial charge in [-0.15, -0.1) is 0 Å². The SMILES string of the molecule is COC(=O)c1ccc(NC(=O)CNc2c(C)cc(C)cc2C)cc1. The van der Waals surface area contributed by atoms with Gasteiger partial charge in [0.15, 0.2) is 0 Å². The highest BCUT2D eigenvalue weighted by Crippen LogP contribution is 2.21. The van der Waals surface area contributed by atoms with Crippen molar-refractivity contribution >= 4 is 23.3 Å². The Morgan fingerprint density at radius 1 is 1.00 bits per heavy atom. The van der Waals surface area contributed by atoms with Crippen molar-refractivity contribution in [2.24, 2.45) is 0 Å². The molecule has 0 spiro atoms. The van der Waals surface area contributed by atoms with Crippen LogP contribution in [0.15, 0.2) is 36.4 Å². The van der Waals surface area contributed by atoms with Crippen LogP contribution in [-0.4, -0.2) is 25.5 Å². The highest BCUT2D eigenvalue weighted by molar-refractivity contribution is 5.95. The van der Waals surface area contributed by atoms with E-state index in [0.717, 1.165) is 16.8 Å². The van der Waals surface area contributed by atoms with E-state index in [-0.39, 0.29) is 12.5 Å². The first-order chi connectivity index (χ1) is 11.4. The van der Waals surface area contributed by atoms with Crippen LogP contribution in [0.5, 0.6) is 0 Å². The predicted octanol–water partition coefficient (Wildman–Crippen LogP) is 3.45. The zero-order valence-electron chi connectivity index (χ0n) is 14.4. The molecule has 1 amide bonds. The van der Waals surface area contributed by atoms with Crippen molar-refractivity contribution in [1.82, 2.24) is 0 Å². The second-order valence-electron chi connectivity index (χ2n) is 5.74. The molecule has 126 valence electrons. The lowest BCUT2D eigenvalue weighted by Gasteiger charge is -2.14. The molecule has 2 aromatic rings. The summed E-state index contributed by atoms with van der Waals surface area (Å²) in [6, 6.07) is 10.7. The number of nitrogens with one attached hydrogen (secondary N) is 2. The molecule has 0 radical (unpaired) electrons. The Labute approximate surface area is 142 Å². The molecule has 0 saturated heterocycles. The predicted molar refractivity (Wildman–Crippen MR) is 95.6 cm³/mol. The second kappa shape index (κ2) is 7.64. The molecule has 0 atom stereocenters. The molecule has 0 aliphatic carbocycles. The molecule has 0 bridgehead atoms. The van der Waals surface area contributed by atoms with E-state index in [2.05, 4.69) is 34.4 Å². The van der Waals surface area contributed by atoms with E-state index in [0.29, 0.717) is 11.3 Å². The van der Waals surface area contributed by atoms with E-state index in [9.17, 15) is 9.59 Å². The molecule has 0 aliphatic heterocycles. The van der Waals surface area contributed by atoms with Crippen molar-refractivity contribution in [2.75, 3.05) is 24.3 Å². The molecule has 0 aliphatic rings. The van der Waals surface area contributed by atoms with E-state index in [4.69, 9.17) is 0 Å². The summed E-state index contributed by atoms with van der Waals surface area (Å²) < 4.78 is 4.64. The lowest BCUT2D eigenvalue weighted by atomic mass is 10.1. The quantitative estimate of drug-likeness (QED) is 0.826. The van der Waals surface area contributed by atoms with Gasteiger partial charge in [0, 0.05) is 11.4 Å². The maximum absolute atomic E-state index is 12.1. The van der Waals surface area contributed by atoms with E-state index in [1.165, 1.54) is 12.7 Å². The Balaban J connectivity index is 1.95. The third-order valence-electron chi connectivity index (χ3n) is 3.69. The van der Waals surface area contributed by atoms with E-state index >= 15 is 0 Å². The van der Waals surface area contributed by atoms with Gasteiger partial charge in [-0.25, -0.2) is 4.79 Å². The zero-order valence-corrected chi connectivity index (χ0v) is 14.4. The van der Waals surface area contributed by atoms with E-state index in [1.54, 1.807) is 24.3 Å². The number of hydrogen-bond donors (Lipinski definition) is 2. The molecular formula is C19H22N2O3. The largest absolute Gasteiger partial charge is 0.465 e. The van der Waals surface area contributed by atoms with Gasteiger partial charge >= 0.3 is 5.97 Å². The Kier molecular flexibility index (Phi) is 5.58. The van der Waals surface area contributed by atoms with Crippen molar-refractivity contribution in [3.8, 4) is 0 Å². The standard InChI is InChI=1S/C19H22N2O3/c1-12-9-13(2)18(14(3)10-12)20-11-17(22)21-16-7-5-15(6-8-16)19(23)24-4/h5-10,20H,11H2,1-4H3,(H,21,22). The highest BCUT2D eigenvalue weighted by atomic mass is 16.5. The third kappa shape index (κ3) is 4.35. The lowest BCUT2D eigenvalue weighted by Crippen LogP contribution is -2.22. The van der Waals surface area contributed by atoms with Gasteiger partial charge in [0.25, 0.3) is 0 Å². The number of benzene rings is 2. The van der Waals surface area contributed by atoms with Crippen LogP contribution in [-0.2, 0) is 9.53 Å². The normalized spacial score (nSPS) is 10.2. The lowest BCUT2D eigenvalue weighted by molar-refractivity contribution is -0.114. The van der Waals surface area contributed by atoms with Crippen molar-refractivity contribution < 1.29 is 14.3 Å². The first-order valence-electron chi connectivity index (χ1n) is 7.70. The number of anilines is 2. The molecular weight excluding hydrogens is 304 g/mol. The number of ether oxygens (including phenoxy) is 1. The summed E-state index contributed by atoms with van der Waals surface area (Å²) in [4.78, 5) is 23.5. The summed E-state index contributed by atoms with van der Waals surface area (Å²) in [5.74, 6) is -0.556. The summed E-state index contributed by atoms with van der Waals surface area (Å²) in [6.07, 6.45) is 0. The van der Waals surface area contributed by atoms with Gasteiger partial charge in [0.05, 0.1) is 19.2 Å². The molecule has 0 aromatic heterocycles. The Morgan fingerprint density at radius 3 is 2.12 bits per heavy atom. The number of carbonyl (C=O) groups is 2. The molecule has 2 N–H and O–H groups in total. The van der Waals surface area contributed by atoms with Crippen molar-refractivity contribution in [3.63, 3.8) is 0 Å². The van der Waals surface area contributed by atoms with Crippen LogP contribution in [0.4, 0.5) is 11.4 Å². The molecule has 0 unspecified atom stereocenters. The number of carbonyl (C=O) groups excluding carboxylic acids is 2. The summed E-state index contributed by atoms with van der Waals surface area (Å²) in [5, 5.41) is 5.97. The maximum atomic E-state index is 12.1. The number of methoxy groups -OCH3 is 1. The number of amides is 1. The van der Waals surface area contributed by atoms with Crippen LogP contribution < -0.4 is 10.6 Å². The molecule has 5 nitrogen and oxygen atoms in total. The van der Waals surface area contributed by atoms with Gasteiger partial charge in [-0.1, -0.05) is 17.7 Å². The molecule has 0 fully saturated rings. The van der Waals surface area contributed by atoms with Crippen LogP contribution in [0.1, 0.15) is 27.0 Å². The maximum Gasteiger partial charge on any atom is 0.337 e. The number of hydrogen-bond acceptors (Lipinski definition) is 4. The first kappa shape index (κ1) is 17.5. The summed E-state index contributed by atoms with van der Waals surface area (Å²) in [7, 11) is 1.33. The van der Waals surface area contributed by atoms with Gasteiger partial charge < -0.3 is 15.4 Å². The van der Waals surface area contributed by atoms with Crippen LogP contribution in [0.25, 0.3) is 0 Å². The Morgan fingerprint density at radius 2 is 1.58 bits per heavy atom. The minimum absolute atomic E-state index is 0.153. The Hall–Kier alpha value is -2.82. The van der Waals surface area contributed by atoms with Gasteiger partial charge in [0.1, 0.15) is 0 Å². The average Bonchev–Trinajstić information content (AvgIpc) is 2.53. The van der Waals surface area contributed by atoms with Gasteiger partial charge in [0.2, 0.25) is 5.91 Å². The molecule has 0 saturated carbocycles. The minimum atomic E-state index is -0.403. The average molecular weight is 326 g/mol. The van der Waals surface area contributed by atoms with Crippen molar-refractivity contribution in [2.45, 2.75) is 20.8 Å². The Bertz CT molecular complexity index is 729. The van der Waals surface area contributed by atoms with Crippen LogP contribution in [0.2, 0.25) is 0 Å². The monoisotopic (exact) mass is 326 g/mol.